The maximum atomic E-state index is 13.2. The molecule has 1 atom stereocenters. The number of likely N-dealkylation sites (N-methyl/N-ethyl adjacent to an activating group) is 1. The molecule has 3 N–H and O–H groups in total. The Morgan fingerprint density at radius 3 is 3.04 bits per heavy atom. The third-order valence-corrected chi connectivity index (χ3v) is 4.45. The summed E-state index contributed by atoms with van der Waals surface area (Å²) < 4.78 is 142. The summed E-state index contributed by atoms with van der Waals surface area (Å²) in [5.74, 6) is -2.07. The van der Waals surface area contributed by atoms with Gasteiger partial charge in [-0.15, -0.1) is 0 Å². The first kappa shape index (κ1) is 7.84. The summed E-state index contributed by atoms with van der Waals surface area (Å²) in [6.45, 7) is -9.82. The summed E-state index contributed by atoms with van der Waals surface area (Å²) in [6.07, 6.45) is -7.03. The summed E-state index contributed by atoms with van der Waals surface area (Å²) in [4.78, 5) is 12.3. The number of nitrogens with two attached hydrogens (primary N) is 1. The van der Waals surface area contributed by atoms with Gasteiger partial charge >= 0.3 is 0 Å². The van der Waals surface area contributed by atoms with Gasteiger partial charge in [0, 0.05) is 35.0 Å². The van der Waals surface area contributed by atoms with Crippen molar-refractivity contribution >= 4 is 21.4 Å². The SMILES string of the molecule is [2H]C([2H])([2H])C([2H])([2H])S(=O)(=O)c1cc(C(=O)NC([2H])([2H])C2([2H])N(CC)C([2H])([2H])C([2H])([2H])C2([2H])[2H])c(OC)cc1N. The molecule has 1 aliphatic rings. The van der Waals surface area contributed by atoms with E-state index >= 15 is 0 Å². The molecule has 140 valence electrons. The number of sulfone groups is 1. The number of nitrogens with one attached hydrogen (secondary N) is 1. The van der Waals surface area contributed by atoms with Gasteiger partial charge in [-0.1, -0.05) is 13.8 Å². The number of carbonyl (C=O) groups excluding carboxylic acids is 1. The lowest BCUT2D eigenvalue weighted by molar-refractivity contribution is 0.0938. The van der Waals surface area contributed by atoms with E-state index in [2.05, 4.69) is 0 Å². The number of benzene rings is 1. The van der Waals surface area contributed by atoms with Gasteiger partial charge in [0.15, 0.2) is 9.84 Å². The Hall–Kier alpha value is -1.80. The Morgan fingerprint density at radius 2 is 2.40 bits per heavy atom. The average Bonchev–Trinajstić information content (AvgIpc) is 2.84. The normalized spacial score (nSPS) is 37.2. The van der Waals surface area contributed by atoms with Crippen LogP contribution >= 0.6 is 0 Å². The lowest BCUT2D eigenvalue weighted by atomic mass is 10.1. The summed E-state index contributed by atoms with van der Waals surface area (Å²) in [5, 5.41) is 1.66. The van der Waals surface area contributed by atoms with Gasteiger partial charge in [-0.2, -0.15) is 0 Å². The Morgan fingerprint density at radius 1 is 1.64 bits per heavy atom. The third-order valence-electron chi connectivity index (χ3n) is 3.25. The molecule has 0 aromatic heterocycles. The van der Waals surface area contributed by atoms with E-state index in [1.54, 1.807) is 5.32 Å². The summed E-state index contributed by atoms with van der Waals surface area (Å²) in [7, 11) is -4.43. The zero-order chi connectivity index (χ0) is 31.0. The maximum absolute atomic E-state index is 13.2. The van der Waals surface area contributed by atoms with Crippen molar-refractivity contribution in [1.82, 2.24) is 10.2 Å². The van der Waals surface area contributed by atoms with Gasteiger partial charge in [-0.25, -0.2) is 8.42 Å². The summed E-state index contributed by atoms with van der Waals surface area (Å²) in [5.41, 5.74) is 0.245. The number of methoxy groups -OCH3 is 1. The molecule has 0 bridgehead atoms. The molecule has 1 unspecified atom stereocenters. The van der Waals surface area contributed by atoms with Crippen LogP contribution in [0.15, 0.2) is 17.0 Å². The molecule has 2 rings (SSSR count). The molecule has 0 radical (unpaired) electrons. The highest BCUT2D eigenvalue weighted by Gasteiger charge is 2.25. The Labute approximate surface area is 169 Å². The van der Waals surface area contributed by atoms with Gasteiger partial charge in [-0.05, 0) is 31.9 Å². The average molecular weight is 384 g/mol. The monoisotopic (exact) mass is 383 g/mol. The molecule has 0 aliphatic carbocycles. The lowest BCUT2D eigenvalue weighted by Gasteiger charge is -2.23. The van der Waals surface area contributed by atoms with Gasteiger partial charge < -0.3 is 15.8 Å². The molecule has 0 spiro atoms. The molecular weight excluding hydrogens is 342 g/mol. The van der Waals surface area contributed by atoms with Crippen LogP contribution in [-0.2, 0) is 9.84 Å². The molecule has 1 aromatic rings. The molecule has 1 amide bonds. The fourth-order valence-corrected chi connectivity index (χ4v) is 2.76. The summed E-state index contributed by atoms with van der Waals surface area (Å²) >= 11 is 0. The molecular formula is C17H27N3O4S. The van der Waals surface area contributed by atoms with Gasteiger partial charge in [0.1, 0.15) is 5.75 Å². The third kappa shape index (κ3) is 4.24. The van der Waals surface area contributed by atoms with Crippen LogP contribution in [0.1, 0.15) is 56.1 Å². The second-order valence-corrected chi connectivity index (χ2v) is 6.38. The summed E-state index contributed by atoms with van der Waals surface area (Å²) in [6, 6.07) is -2.27. The van der Waals surface area contributed by atoms with Crippen LogP contribution in [0.2, 0.25) is 0 Å². The molecule has 1 heterocycles. The zero-order valence-electron chi connectivity index (χ0n) is 27.4. The highest BCUT2D eigenvalue weighted by atomic mass is 32.2. The minimum atomic E-state index is -5.43. The van der Waals surface area contributed by atoms with E-state index in [9.17, 15) is 13.2 Å². The number of anilines is 1. The highest BCUT2D eigenvalue weighted by molar-refractivity contribution is 7.91. The zero-order valence-corrected chi connectivity index (χ0v) is 14.2. The van der Waals surface area contributed by atoms with Crippen molar-refractivity contribution in [2.45, 2.75) is 37.4 Å². The Kier molecular flexibility index (Phi) is 2.52. The van der Waals surface area contributed by atoms with Gasteiger partial charge in [0.2, 0.25) is 0 Å². The smallest absolute Gasteiger partial charge is 0.255 e. The van der Waals surface area contributed by atoms with Crippen molar-refractivity contribution in [2.75, 3.05) is 38.1 Å². The van der Waals surface area contributed by atoms with Crippen molar-refractivity contribution in [3.05, 3.63) is 17.7 Å². The number of nitrogen functional groups attached to an aromatic ring is 1. The van der Waals surface area contributed by atoms with Gasteiger partial charge in [0.25, 0.3) is 5.91 Å². The Bertz CT molecular complexity index is 1270. The number of amides is 1. The fraction of sp³-hybridized carbons (Fsp3) is 0.588. The van der Waals surface area contributed by atoms with Crippen LogP contribution in [0.4, 0.5) is 5.69 Å². The van der Waals surface area contributed by atoms with E-state index in [1.165, 1.54) is 6.92 Å². The van der Waals surface area contributed by atoms with Crippen molar-refractivity contribution in [3.63, 3.8) is 0 Å². The van der Waals surface area contributed by atoms with Crippen molar-refractivity contribution in [1.29, 1.82) is 0 Å². The number of likely N-dealkylation sites (tertiary alicyclic amines) is 1. The second-order valence-electron chi connectivity index (χ2n) is 4.73. The topological polar surface area (TPSA) is 102 Å². The molecule has 1 aliphatic heterocycles. The minimum Gasteiger partial charge on any atom is -0.496 e. The van der Waals surface area contributed by atoms with Crippen molar-refractivity contribution < 1.29 is 37.1 Å². The van der Waals surface area contributed by atoms with E-state index < -0.39 is 88.5 Å². The first-order valence-corrected chi connectivity index (χ1v) is 8.46. The molecule has 1 saturated heterocycles. The van der Waals surface area contributed by atoms with Crippen LogP contribution in [0, 0.1) is 0 Å². The number of rotatable bonds is 7. The first-order valence-electron chi connectivity index (χ1n) is 14.0. The van der Waals surface area contributed by atoms with Crippen LogP contribution in [0.3, 0.4) is 0 Å². The second kappa shape index (κ2) is 8.05. The van der Waals surface area contributed by atoms with Crippen LogP contribution in [0.25, 0.3) is 0 Å². The maximum Gasteiger partial charge on any atom is 0.255 e. The van der Waals surface area contributed by atoms with Gasteiger partial charge in [-0.3, -0.25) is 9.69 Å². The quantitative estimate of drug-likeness (QED) is 0.688. The van der Waals surface area contributed by atoms with Crippen molar-refractivity contribution in [2.24, 2.45) is 0 Å². The number of nitrogens with zero attached hydrogens (tertiary/aromatic N) is 1. The first-order chi connectivity index (χ1) is 17.1. The van der Waals surface area contributed by atoms with E-state index in [1.807, 2.05) is 0 Å². The van der Waals surface area contributed by atoms with Crippen LogP contribution in [0.5, 0.6) is 5.75 Å². The van der Waals surface area contributed by atoms with Crippen LogP contribution < -0.4 is 15.8 Å². The highest BCUT2D eigenvalue weighted by Crippen LogP contribution is 2.29. The molecule has 0 saturated carbocycles. The number of ether oxygens (including phenoxy) is 1. The fourth-order valence-electron chi connectivity index (χ4n) is 2.01. The Balaban J connectivity index is 2.72. The molecule has 8 heteroatoms. The largest absolute Gasteiger partial charge is 0.496 e. The molecule has 1 aromatic carbocycles. The van der Waals surface area contributed by atoms with E-state index in [-0.39, 0.29) is 4.90 Å². The predicted molar refractivity (Wildman–Crippen MR) is 97.7 cm³/mol. The van der Waals surface area contributed by atoms with Gasteiger partial charge in [0.05, 0.1) is 31.7 Å². The number of hydrogen-bond acceptors (Lipinski definition) is 6. The standard InChI is InChI=1S/C17H27N3O4S/c1-4-20-8-6-7-12(20)11-19-17(21)13-9-16(25(22,23)5-2)14(18)10-15(13)24-3/h9-10,12H,4-8,11,18H2,1-3H3,(H,19,21)/i2D3,5D2,6D2,7D2,8D2,11D2,12D. The predicted octanol–water partition coefficient (Wildman–Crippen LogP) is 1.29. The number of carbonyl (C=O) groups is 1. The lowest BCUT2D eigenvalue weighted by Crippen LogP contribution is -2.40. The molecule has 1 fully saturated rings. The minimum absolute atomic E-state index is 0.265. The number of hydrogen-bond donors (Lipinski definition) is 2. The molecule has 7 nitrogen and oxygen atoms in total. The van der Waals surface area contributed by atoms with E-state index in [0.717, 1.165) is 13.2 Å². The van der Waals surface area contributed by atoms with E-state index in [0.29, 0.717) is 6.07 Å². The van der Waals surface area contributed by atoms with Crippen LogP contribution in [-0.4, -0.2) is 57.6 Å². The van der Waals surface area contributed by atoms with E-state index in [4.69, 9.17) is 29.7 Å². The van der Waals surface area contributed by atoms with Crippen molar-refractivity contribution in [3.8, 4) is 5.75 Å². The molecule has 25 heavy (non-hydrogen) atoms.